The minimum Gasteiger partial charge on any atom is -0.384 e. The van der Waals surface area contributed by atoms with Gasteiger partial charge in [0.1, 0.15) is 11.9 Å². The third-order valence-corrected chi connectivity index (χ3v) is 3.65. The Morgan fingerprint density at radius 2 is 1.74 bits per heavy atom. The predicted octanol–water partition coefficient (Wildman–Crippen LogP) is 1.29. The largest absolute Gasteiger partial charge is 0.384 e. The molecule has 3 rings (SSSR count). The lowest BCUT2D eigenvalue weighted by molar-refractivity contribution is -0.119. The summed E-state index contributed by atoms with van der Waals surface area (Å²) in [5, 5.41) is 2.61. The minimum absolute atomic E-state index is 0.311. The molecule has 2 heterocycles. The van der Waals surface area contributed by atoms with Crippen LogP contribution < -0.4 is 11.1 Å². The van der Waals surface area contributed by atoms with Crippen LogP contribution in [0, 0.1) is 0 Å². The van der Waals surface area contributed by atoms with Crippen LogP contribution >= 0.6 is 0 Å². The second kappa shape index (κ2) is 5.53. The number of nitrogens with two attached hydrogens (primary N) is 1. The zero-order valence-corrected chi connectivity index (χ0v) is 12.3. The molecule has 0 aliphatic carbocycles. The van der Waals surface area contributed by atoms with Crippen molar-refractivity contribution in [3.63, 3.8) is 0 Å². The summed E-state index contributed by atoms with van der Waals surface area (Å²) in [5.41, 5.74) is 6.54. The summed E-state index contributed by atoms with van der Waals surface area (Å²) in [6.45, 7) is 1.50. The summed E-state index contributed by atoms with van der Waals surface area (Å²) < 4.78 is 0. The Bertz CT molecular complexity index is 766. The maximum Gasteiger partial charge on any atom is 0.262 e. The molecule has 23 heavy (non-hydrogen) atoms. The maximum absolute atomic E-state index is 12.3. The van der Waals surface area contributed by atoms with Crippen molar-refractivity contribution >= 4 is 29.2 Å². The van der Waals surface area contributed by atoms with Crippen molar-refractivity contribution in [1.29, 1.82) is 0 Å². The number of aromatic nitrogens is 1. The molecule has 1 aromatic heterocycles. The summed E-state index contributed by atoms with van der Waals surface area (Å²) in [4.78, 5) is 41.8. The number of nitrogen functional groups attached to an aromatic ring is 1. The number of amides is 3. The van der Waals surface area contributed by atoms with Crippen LogP contribution in [-0.4, -0.2) is 33.6 Å². The molecule has 1 aliphatic heterocycles. The van der Waals surface area contributed by atoms with E-state index in [4.69, 9.17) is 5.73 Å². The highest BCUT2D eigenvalue weighted by molar-refractivity contribution is 6.23. The smallest absolute Gasteiger partial charge is 0.262 e. The number of nitrogens with zero attached hydrogens (tertiary/aromatic N) is 2. The van der Waals surface area contributed by atoms with Gasteiger partial charge in [-0.3, -0.25) is 19.3 Å². The molecule has 0 spiro atoms. The Morgan fingerprint density at radius 3 is 2.26 bits per heavy atom. The Kier molecular flexibility index (Phi) is 3.53. The number of benzene rings is 1. The molecule has 0 radical (unpaired) electrons. The second-order valence-electron chi connectivity index (χ2n) is 5.16. The first kappa shape index (κ1) is 14.7. The molecule has 3 amide bonds. The monoisotopic (exact) mass is 310 g/mol. The van der Waals surface area contributed by atoms with E-state index in [0.717, 1.165) is 4.90 Å². The van der Waals surface area contributed by atoms with E-state index >= 15 is 0 Å². The first-order chi connectivity index (χ1) is 11.0. The Labute approximate surface area is 132 Å². The fourth-order valence-corrected chi connectivity index (χ4v) is 2.40. The molecule has 1 aliphatic rings. The van der Waals surface area contributed by atoms with Gasteiger partial charge in [0.05, 0.1) is 23.0 Å². The first-order valence-electron chi connectivity index (χ1n) is 6.98. The van der Waals surface area contributed by atoms with Crippen molar-refractivity contribution in [2.75, 3.05) is 11.1 Å². The topological polar surface area (TPSA) is 105 Å². The van der Waals surface area contributed by atoms with Crippen molar-refractivity contribution in [2.45, 2.75) is 13.0 Å². The van der Waals surface area contributed by atoms with Crippen molar-refractivity contribution in [3.05, 3.63) is 53.7 Å². The normalized spacial score (nSPS) is 14.6. The Balaban J connectivity index is 1.79. The molecule has 0 saturated carbocycles. The van der Waals surface area contributed by atoms with Crippen LogP contribution in [0.25, 0.3) is 0 Å². The summed E-state index contributed by atoms with van der Waals surface area (Å²) >= 11 is 0. The molecule has 1 aromatic carbocycles. The number of carbonyl (C=O) groups excluding carboxylic acids is 3. The predicted molar refractivity (Wildman–Crippen MR) is 83.7 cm³/mol. The van der Waals surface area contributed by atoms with E-state index in [1.165, 1.54) is 13.1 Å². The van der Waals surface area contributed by atoms with E-state index in [9.17, 15) is 14.4 Å². The molecule has 3 N–H and O–H groups in total. The molecular weight excluding hydrogens is 296 g/mol. The molecular formula is C16H14N4O3. The van der Waals surface area contributed by atoms with Gasteiger partial charge >= 0.3 is 0 Å². The molecule has 7 nitrogen and oxygen atoms in total. The van der Waals surface area contributed by atoms with Gasteiger partial charge < -0.3 is 11.1 Å². The average molecular weight is 310 g/mol. The molecule has 0 bridgehead atoms. The first-order valence-corrected chi connectivity index (χ1v) is 6.98. The number of fused-ring (bicyclic) bond motifs is 1. The summed E-state index contributed by atoms with van der Waals surface area (Å²) in [6, 6.07) is 8.70. The average Bonchev–Trinajstić information content (AvgIpc) is 2.81. The highest BCUT2D eigenvalue weighted by Crippen LogP contribution is 2.24. The Hall–Kier alpha value is -3.22. The van der Waals surface area contributed by atoms with Gasteiger partial charge in [0.25, 0.3) is 11.8 Å². The molecule has 2 aromatic rings. The van der Waals surface area contributed by atoms with Crippen LogP contribution in [0.3, 0.4) is 0 Å². The van der Waals surface area contributed by atoms with E-state index in [2.05, 4.69) is 10.3 Å². The van der Waals surface area contributed by atoms with Gasteiger partial charge in [-0.05, 0) is 31.2 Å². The van der Waals surface area contributed by atoms with Crippen LogP contribution in [0.1, 0.15) is 27.6 Å². The summed E-state index contributed by atoms with van der Waals surface area (Å²) in [6.07, 6.45) is 1.41. The van der Waals surface area contributed by atoms with Crippen LogP contribution in [0.4, 0.5) is 11.5 Å². The minimum atomic E-state index is -0.944. The SMILES string of the molecule is CC(C(=O)Nc1ccc(N)nc1)N1C(=O)c2ccccc2C1=O. The highest BCUT2D eigenvalue weighted by atomic mass is 16.2. The fourth-order valence-electron chi connectivity index (χ4n) is 2.40. The standard InChI is InChI=1S/C16H14N4O3/c1-9(14(21)19-10-6-7-13(17)18-8-10)20-15(22)11-4-2-3-5-12(11)16(20)23/h2-9H,1H3,(H2,17,18)(H,19,21). The van der Waals surface area contributed by atoms with E-state index in [0.29, 0.717) is 22.6 Å². The zero-order valence-electron chi connectivity index (χ0n) is 12.3. The lowest BCUT2D eigenvalue weighted by Crippen LogP contribution is -2.45. The zero-order chi connectivity index (χ0) is 16.6. The van der Waals surface area contributed by atoms with Crippen molar-refractivity contribution in [3.8, 4) is 0 Å². The number of imide groups is 1. The van der Waals surface area contributed by atoms with E-state index in [-0.39, 0.29) is 0 Å². The van der Waals surface area contributed by atoms with E-state index < -0.39 is 23.8 Å². The maximum atomic E-state index is 12.3. The van der Waals surface area contributed by atoms with Crippen LogP contribution in [0.15, 0.2) is 42.6 Å². The van der Waals surface area contributed by atoms with Gasteiger partial charge in [-0.15, -0.1) is 0 Å². The number of hydrogen-bond acceptors (Lipinski definition) is 5. The molecule has 1 unspecified atom stereocenters. The van der Waals surface area contributed by atoms with Crippen LogP contribution in [0.5, 0.6) is 0 Å². The quantitative estimate of drug-likeness (QED) is 0.831. The molecule has 0 fully saturated rings. The lowest BCUT2D eigenvalue weighted by atomic mass is 10.1. The number of anilines is 2. The number of nitrogens with one attached hydrogen (secondary N) is 1. The van der Waals surface area contributed by atoms with Gasteiger partial charge in [-0.25, -0.2) is 4.98 Å². The van der Waals surface area contributed by atoms with E-state index in [1.54, 1.807) is 36.4 Å². The number of pyridine rings is 1. The molecule has 1 atom stereocenters. The van der Waals surface area contributed by atoms with Gasteiger partial charge in [0.15, 0.2) is 0 Å². The molecule has 7 heteroatoms. The van der Waals surface area contributed by atoms with Gasteiger partial charge in [-0.2, -0.15) is 0 Å². The third-order valence-electron chi connectivity index (χ3n) is 3.65. The van der Waals surface area contributed by atoms with Gasteiger partial charge in [0.2, 0.25) is 5.91 Å². The number of rotatable bonds is 3. The Morgan fingerprint density at radius 1 is 1.13 bits per heavy atom. The van der Waals surface area contributed by atoms with Crippen molar-refractivity contribution in [2.24, 2.45) is 0 Å². The second-order valence-corrected chi connectivity index (χ2v) is 5.16. The lowest BCUT2D eigenvalue weighted by Gasteiger charge is -2.21. The van der Waals surface area contributed by atoms with Crippen molar-refractivity contribution < 1.29 is 14.4 Å². The van der Waals surface area contributed by atoms with Gasteiger partial charge in [0, 0.05) is 0 Å². The van der Waals surface area contributed by atoms with Crippen LogP contribution in [0.2, 0.25) is 0 Å². The van der Waals surface area contributed by atoms with E-state index in [1.807, 2.05) is 0 Å². The highest BCUT2D eigenvalue weighted by Gasteiger charge is 2.40. The van der Waals surface area contributed by atoms with Crippen molar-refractivity contribution in [1.82, 2.24) is 9.88 Å². The molecule has 0 saturated heterocycles. The fraction of sp³-hybridized carbons (Fsp3) is 0.125. The number of hydrogen-bond donors (Lipinski definition) is 2. The van der Waals surface area contributed by atoms with Crippen LogP contribution in [-0.2, 0) is 4.79 Å². The third kappa shape index (κ3) is 2.52. The van der Waals surface area contributed by atoms with Gasteiger partial charge in [-0.1, -0.05) is 12.1 Å². The summed E-state index contributed by atoms with van der Waals surface area (Å²) in [5.74, 6) is -1.09. The summed E-state index contributed by atoms with van der Waals surface area (Å²) in [7, 11) is 0. The molecule has 116 valence electrons. The number of carbonyl (C=O) groups is 3.